The van der Waals surface area contributed by atoms with Crippen molar-refractivity contribution >= 4 is 75.3 Å². The highest BCUT2D eigenvalue weighted by Gasteiger charge is 2.42. The first-order valence-corrected chi connectivity index (χ1v) is 16.5. The third-order valence-electron chi connectivity index (χ3n) is 7.87. The second-order valence-electron chi connectivity index (χ2n) is 10.3. The zero-order chi connectivity index (χ0) is 30.7. The average molecular weight is 636 g/mol. The summed E-state index contributed by atoms with van der Waals surface area (Å²) in [6.07, 6.45) is 10.4. The number of amides is 2. The van der Waals surface area contributed by atoms with E-state index in [1.807, 2.05) is 25.3 Å². The van der Waals surface area contributed by atoms with Crippen molar-refractivity contribution in [1.82, 2.24) is 9.80 Å². The molecule has 0 spiro atoms. The first kappa shape index (κ1) is 30.9. The minimum atomic E-state index is -1.16. The predicted octanol–water partition coefficient (Wildman–Crippen LogP) is 6.34. The molecule has 2 aliphatic heterocycles. The van der Waals surface area contributed by atoms with Crippen LogP contribution in [0, 0.1) is 0 Å². The van der Waals surface area contributed by atoms with Gasteiger partial charge in [-0.1, -0.05) is 54.7 Å². The quantitative estimate of drug-likeness (QED) is 0.182. The summed E-state index contributed by atoms with van der Waals surface area (Å²) in [4.78, 5) is 42.8. The van der Waals surface area contributed by atoms with E-state index < -0.39 is 18.4 Å². The van der Waals surface area contributed by atoms with Gasteiger partial charge in [0.1, 0.15) is 21.5 Å². The van der Waals surface area contributed by atoms with Crippen LogP contribution in [0.4, 0.5) is 11.4 Å². The Balaban J connectivity index is 1.38. The van der Waals surface area contributed by atoms with Gasteiger partial charge in [-0.15, -0.1) is 11.8 Å². The summed E-state index contributed by atoms with van der Waals surface area (Å²) in [5.74, 6) is -1.20. The lowest BCUT2D eigenvalue weighted by atomic mass is 9.96. The normalized spacial score (nSPS) is 21.0. The molecule has 2 fully saturated rings. The van der Waals surface area contributed by atoms with E-state index in [0.29, 0.717) is 23.5 Å². The topological polar surface area (TPSA) is 90.4 Å². The maximum atomic E-state index is 13.4. The van der Waals surface area contributed by atoms with Crippen LogP contribution in [0.5, 0.6) is 0 Å². The summed E-state index contributed by atoms with van der Waals surface area (Å²) in [6.45, 7) is 1.75. The fraction of sp³-hybridized carbons (Fsp3) is 0.312. The van der Waals surface area contributed by atoms with Crippen molar-refractivity contribution in [2.45, 2.75) is 38.1 Å². The van der Waals surface area contributed by atoms with E-state index in [9.17, 15) is 14.4 Å². The number of thioether (sulfide) groups is 2. The largest absolute Gasteiger partial charge is 0.495 e. The van der Waals surface area contributed by atoms with Crippen molar-refractivity contribution in [2.24, 2.45) is 0 Å². The Morgan fingerprint density at radius 3 is 2.65 bits per heavy atom. The first-order chi connectivity index (χ1) is 20.8. The number of carboxylic acid groups (broad SMARTS) is 1. The Bertz CT molecular complexity index is 1540. The Hall–Kier alpha value is -3.54. The molecule has 2 aromatic rings. The maximum Gasteiger partial charge on any atom is 0.323 e. The van der Waals surface area contributed by atoms with Crippen LogP contribution in [-0.4, -0.2) is 69.5 Å². The van der Waals surface area contributed by atoms with E-state index in [-0.39, 0.29) is 20.9 Å². The number of rotatable bonds is 10. The SMILES string of the molecule is CCN(C(=O)/C=C/c1ccc2c(c1)C1CCCC1N2c1ccccc1)C(=C/C(OC)=C1/SC(=S)N(CC(=O)O)C1=O)SC. The van der Waals surface area contributed by atoms with Gasteiger partial charge < -0.3 is 19.6 Å². The van der Waals surface area contributed by atoms with Crippen molar-refractivity contribution in [3.63, 3.8) is 0 Å². The highest BCUT2D eigenvalue weighted by molar-refractivity contribution is 8.26. The number of nitrogens with zero attached hydrogens (tertiary/aromatic N) is 3. The van der Waals surface area contributed by atoms with Gasteiger partial charge in [0.05, 0.1) is 12.1 Å². The number of fused-ring (bicyclic) bond motifs is 3. The summed E-state index contributed by atoms with van der Waals surface area (Å²) >= 11 is 7.55. The fourth-order valence-corrected chi connectivity index (χ4v) is 7.91. The van der Waals surface area contributed by atoms with Gasteiger partial charge in [-0.25, -0.2) is 0 Å². The molecule has 2 heterocycles. The minimum absolute atomic E-state index is 0.146. The number of methoxy groups -OCH3 is 1. The van der Waals surface area contributed by atoms with E-state index >= 15 is 0 Å². The van der Waals surface area contributed by atoms with E-state index in [4.69, 9.17) is 22.1 Å². The van der Waals surface area contributed by atoms with Crippen LogP contribution < -0.4 is 4.90 Å². The molecule has 5 rings (SSSR count). The lowest BCUT2D eigenvalue weighted by Crippen LogP contribution is -2.33. The van der Waals surface area contributed by atoms with Crippen LogP contribution in [0.15, 0.2) is 76.4 Å². The fourth-order valence-electron chi connectivity index (χ4n) is 5.98. The highest BCUT2D eigenvalue weighted by Crippen LogP contribution is 2.52. The molecule has 8 nitrogen and oxygen atoms in total. The summed E-state index contributed by atoms with van der Waals surface area (Å²) in [7, 11) is 1.42. The molecular weight excluding hydrogens is 603 g/mol. The number of hydrogen-bond acceptors (Lipinski definition) is 8. The molecule has 0 radical (unpaired) electrons. The first-order valence-electron chi connectivity index (χ1n) is 14.0. The molecule has 1 saturated heterocycles. The molecule has 2 aromatic carbocycles. The summed E-state index contributed by atoms with van der Waals surface area (Å²) in [5, 5.41) is 9.72. The Morgan fingerprint density at radius 1 is 1.21 bits per heavy atom. The molecule has 224 valence electrons. The van der Waals surface area contributed by atoms with Gasteiger partial charge in [0.15, 0.2) is 0 Å². The summed E-state index contributed by atoms with van der Waals surface area (Å²) in [5.41, 5.74) is 4.76. The molecule has 1 aliphatic carbocycles. The molecule has 1 N–H and O–H groups in total. The van der Waals surface area contributed by atoms with Crippen molar-refractivity contribution in [1.29, 1.82) is 0 Å². The third-order valence-corrected chi connectivity index (χ3v) is 10.1. The zero-order valence-corrected chi connectivity index (χ0v) is 26.6. The monoisotopic (exact) mass is 635 g/mol. The van der Waals surface area contributed by atoms with Gasteiger partial charge in [-0.05, 0) is 67.5 Å². The molecule has 0 bridgehead atoms. The molecule has 11 heteroatoms. The molecule has 2 unspecified atom stereocenters. The molecule has 43 heavy (non-hydrogen) atoms. The van der Waals surface area contributed by atoms with Gasteiger partial charge in [-0.2, -0.15) is 0 Å². The highest BCUT2D eigenvalue weighted by atomic mass is 32.2. The molecule has 3 aliphatic rings. The number of aliphatic carboxylic acids is 1. The number of para-hydroxylation sites is 1. The zero-order valence-electron chi connectivity index (χ0n) is 24.2. The van der Waals surface area contributed by atoms with Crippen molar-refractivity contribution in [3.05, 3.63) is 87.5 Å². The van der Waals surface area contributed by atoms with E-state index in [1.54, 1.807) is 17.1 Å². The van der Waals surface area contributed by atoms with Gasteiger partial charge in [0, 0.05) is 42.0 Å². The number of hydrogen-bond donors (Lipinski definition) is 1. The van der Waals surface area contributed by atoms with Crippen LogP contribution >= 0.6 is 35.7 Å². The number of anilines is 2. The molecular formula is C32H33N3O5S3. The number of benzene rings is 2. The van der Waals surface area contributed by atoms with Crippen LogP contribution in [0.2, 0.25) is 0 Å². The molecule has 0 aromatic heterocycles. The second kappa shape index (κ2) is 13.4. The minimum Gasteiger partial charge on any atom is -0.495 e. The van der Waals surface area contributed by atoms with Crippen molar-refractivity contribution < 1.29 is 24.2 Å². The van der Waals surface area contributed by atoms with Crippen LogP contribution in [0.3, 0.4) is 0 Å². The number of ether oxygens (including phenoxy) is 1. The van der Waals surface area contributed by atoms with Gasteiger partial charge in [0.25, 0.3) is 11.8 Å². The van der Waals surface area contributed by atoms with Crippen molar-refractivity contribution in [3.8, 4) is 0 Å². The van der Waals surface area contributed by atoms with Gasteiger partial charge in [-0.3, -0.25) is 19.3 Å². The lowest BCUT2D eigenvalue weighted by molar-refractivity contribution is -0.140. The van der Waals surface area contributed by atoms with E-state index in [0.717, 1.165) is 28.6 Å². The van der Waals surface area contributed by atoms with Crippen LogP contribution in [-0.2, 0) is 19.1 Å². The number of carbonyl (C=O) groups is 3. The number of carbonyl (C=O) groups excluding carboxylic acids is 2. The third kappa shape index (κ3) is 6.25. The maximum absolute atomic E-state index is 13.4. The average Bonchev–Trinajstić information content (AvgIpc) is 3.68. The van der Waals surface area contributed by atoms with E-state index in [2.05, 4.69) is 47.4 Å². The number of thiocarbonyl (C=S) groups is 1. The Morgan fingerprint density at radius 2 is 1.98 bits per heavy atom. The summed E-state index contributed by atoms with van der Waals surface area (Å²) in [6, 6.07) is 17.4. The molecule has 2 atom stereocenters. The van der Waals surface area contributed by atoms with Crippen LogP contribution in [0.25, 0.3) is 6.08 Å². The standard InChI is InChI=1S/C32H33N3O5S3/c1-4-33(28(42-3)18-26(40-2)30-31(39)34(19-29(37)38)32(41)43-30)27(36)16-14-20-13-15-25-23(17-20)22-11-8-12-24(22)35(25)21-9-6-5-7-10-21/h5-7,9-10,13-18,22,24H,4,8,11-12,19H2,1-3H3,(H,37,38)/b16-14+,28-18?,30-26-. The number of allylic oxidation sites excluding steroid dienone is 1. The lowest BCUT2D eigenvalue weighted by Gasteiger charge is -2.27. The summed E-state index contributed by atoms with van der Waals surface area (Å²) < 4.78 is 5.66. The van der Waals surface area contributed by atoms with Gasteiger partial charge in [0.2, 0.25) is 0 Å². The van der Waals surface area contributed by atoms with Crippen LogP contribution in [0.1, 0.15) is 43.2 Å². The Kier molecular flexibility index (Phi) is 9.63. The molecule has 2 amide bonds. The molecule has 1 saturated carbocycles. The van der Waals surface area contributed by atoms with Crippen molar-refractivity contribution in [2.75, 3.05) is 31.4 Å². The smallest absolute Gasteiger partial charge is 0.323 e. The number of likely N-dealkylation sites (N-methyl/N-ethyl adjacent to an activating group) is 1. The Labute approximate surface area is 265 Å². The van der Waals surface area contributed by atoms with Gasteiger partial charge >= 0.3 is 5.97 Å². The number of carboxylic acids is 1. The van der Waals surface area contributed by atoms with E-state index in [1.165, 1.54) is 48.7 Å². The predicted molar refractivity (Wildman–Crippen MR) is 177 cm³/mol. The second-order valence-corrected chi connectivity index (χ2v) is 12.8.